The number of thiophene rings is 1. The molecule has 1 aromatic carbocycles. The van der Waals surface area contributed by atoms with Crippen molar-refractivity contribution in [3.8, 4) is 0 Å². The van der Waals surface area contributed by atoms with Crippen LogP contribution in [-0.2, 0) is 6.54 Å². The molecule has 0 saturated carbocycles. The van der Waals surface area contributed by atoms with Gasteiger partial charge in [-0.15, -0.1) is 0 Å². The predicted octanol–water partition coefficient (Wildman–Crippen LogP) is 3.67. The predicted molar refractivity (Wildman–Crippen MR) is 71.6 cm³/mol. The zero-order chi connectivity index (χ0) is 12.3. The maximum absolute atomic E-state index is 12.1. The molecule has 1 amide bonds. The molecule has 88 valence electrons. The zero-order valence-corrected chi connectivity index (χ0v) is 11.0. The molecule has 2 aromatic rings. The topological polar surface area (TPSA) is 20.3 Å². The van der Waals surface area contributed by atoms with Gasteiger partial charge in [0.15, 0.2) is 0 Å². The Balaban J connectivity index is 2.07. The summed E-state index contributed by atoms with van der Waals surface area (Å²) >= 11 is 7.42. The SMILES string of the molecule is CN(Cc1ccsc1)C(=O)c1ccc(Cl)cc1. The van der Waals surface area contributed by atoms with Gasteiger partial charge in [-0.2, -0.15) is 11.3 Å². The van der Waals surface area contributed by atoms with Crippen LogP contribution < -0.4 is 0 Å². The van der Waals surface area contributed by atoms with Crippen molar-refractivity contribution in [2.45, 2.75) is 6.54 Å². The molecule has 0 radical (unpaired) electrons. The van der Waals surface area contributed by atoms with E-state index in [0.29, 0.717) is 17.1 Å². The van der Waals surface area contributed by atoms with Crippen molar-refractivity contribution in [3.05, 3.63) is 57.2 Å². The van der Waals surface area contributed by atoms with E-state index >= 15 is 0 Å². The normalized spacial score (nSPS) is 10.2. The molecular weight excluding hydrogens is 254 g/mol. The largest absolute Gasteiger partial charge is 0.337 e. The Morgan fingerprint density at radius 2 is 2.00 bits per heavy atom. The lowest BCUT2D eigenvalue weighted by atomic mass is 10.2. The highest BCUT2D eigenvalue weighted by atomic mass is 35.5. The minimum Gasteiger partial charge on any atom is -0.337 e. The fourth-order valence-electron chi connectivity index (χ4n) is 1.54. The van der Waals surface area contributed by atoms with E-state index in [-0.39, 0.29) is 5.91 Å². The van der Waals surface area contributed by atoms with Crippen LogP contribution in [0.15, 0.2) is 41.1 Å². The van der Waals surface area contributed by atoms with Gasteiger partial charge in [-0.3, -0.25) is 4.79 Å². The summed E-state index contributed by atoms with van der Waals surface area (Å²) < 4.78 is 0. The minimum atomic E-state index is 0.00728. The summed E-state index contributed by atoms with van der Waals surface area (Å²) in [5, 5.41) is 4.70. The van der Waals surface area contributed by atoms with Crippen LogP contribution in [0.1, 0.15) is 15.9 Å². The maximum atomic E-state index is 12.1. The second kappa shape index (κ2) is 5.34. The third-order valence-corrected chi connectivity index (χ3v) is 3.42. The third kappa shape index (κ3) is 3.08. The number of benzene rings is 1. The first-order valence-corrected chi connectivity index (χ1v) is 6.51. The van der Waals surface area contributed by atoms with E-state index in [1.54, 1.807) is 47.5 Å². The van der Waals surface area contributed by atoms with Crippen LogP contribution >= 0.6 is 22.9 Å². The number of amides is 1. The van der Waals surface area contributed by atoms with Crippen LogP contribution in [0.4, 0.5) is 0 Å². The van der Waals surface area contributed by atoms with Gasteiger partial charge in [0.2, 0.25) is 0 Å². The van der Waals surface area contributed by atoms with Gasteiger partial charge in [-0.25, -0.2) is 0 Å². The lowest BCUT2D eigenvalue weighted by Crippen LogP contribution is -2.25. The van der Waals surface area contributed by atoms with Gasteiger partial charge < -0.3 is 4.90 Å². The van der Waals surface area contributed by atoms with Crippen LogP contribution in [0.3, 0.4) is 0 Å². The summed E-state index contributed by atoms with van der Waals surface area (Å²) in [6.07, 6.45) is 0. The number of carbonyl (C=O) groups excluding carboxylic acids is 1. The first-order chi connectivity index (χ1) is 8.16. The smallest absolute Gasteiger partial charge is 0.253 e. The highest BCUT2D eigenvalue weighted by Gasteiger charge is 2.11. The van der Waals surface area contributed by atoms with Crippen molar-refractivity contribution in [2.75, 3.05) is 7.05 Å². The minimum absolute atomic E-state index is 0.00728. The van der Waals surface area contributed by atoms with Crippen LogP contribution in [0, 0.1) is 0 Å². The van der Waals surface area contributed by atoms with Crippen molar-refractivity contribution in [3.63, 3.8) is 0 Å². The van der Waals surface area contributed by atoms with E-state index in [1.807, 2.05) is 16.8 Å². The second-order valence-corrected chi connectivity index (χ2v) is 5.02. The summed E-state index contributed by atoms with van der Waals surface area (Å²) in [7, 11) is 1.80. The van der Waals surface area contributed by atoms with Gasteiger partial charge in [-0.1, -0.05) is 11.6 Å². The van der Waals surface area contributed by atoms with E-state index in [0.717, 1.165) is 5.56 Å². The fraction of sp³-hybridized carbons (Fsp3) is 0.154. The van der Waals surface area contributed by atoms with E-state index in [9.17, 15) is 4.79 Å². The van der Waals surface area contributed by atoms with Gasteiger partial charge in [0, 0.05) is 24.2 Å². The fourth-order valence-corrected chi connectivity index (χ4v) is 2.33. The van der Waals surface area contributed by atoms with Crippen molar-refractivity contribution in [2.24, 2.45) is 0 Å². The molecule has 0 fully saturated rings. The lowest BCUT2D eigenvalue weighted by Gasteiger charge is -2.16. The molecule has 2 nitrogen and oxygen atoms in total. The lowest BCUT2D eigenvalue weighted by molar-refractivity contribution is 0.0785. The standard InChI is InChI=1S/C13H12ClNOS/c1-15(8-10-6-7-17-9-10)13(16)11-2-4-12(14)5-3-11/h2-7,9H,8H2,1H3. The number of carbonyl (C=O) groups is 1. The summed E-state index contributed by atoms with van der Waals surface area (Å²) in [6, 6.07) is 8.97. The first kappa shape index (κ1) is 12.1. The molecule has 0 saturated heterocycles. The van der Waals surface area contributed by atoms with Crippen molar-refractivity contribution >= 4 is 28.8 Å². The summed E-state index contributed by atoms with van der Waals surface area (Å²) in [4.78, 5) is 13.8. The van der Waals surface area contributed by atoms with E-state index < -0.39 is 0 Å². The maximum Gasteiger partial charge on any atom is 0.253 e. The highest BCUT2D eigenvalue weighted by Crippen LogP contribution is 2.13. The Hall–Kier alpha value is -1.32. The first-order valence-electron chi connectivity index (χ1n) is 5.19. The Morgan fingerprint density at radius 1 is 1.29 bits per heavy atom. The molecule has 0 bridgehead atoms. The molecule has 0 N–H and O–H groups in total. The quantitative estimate of drug-likeness (QED) is 0.829. The summed E-state index contributed by atoms with van der Waals surface area (Å²) in [6.45, 7) is 0.630. The molecule has 0 atom stereocenters. The van der Waals surface area contributed by atoms with Crippen molar-refractivity contribution in [1.29, 1.82) is 0 Å². The second-order valence-electron chi connectivity index (χ2n) is 3.80. The number of hydrogen-bond donors (Lipinski definition) is 0. The molecule has 0 unspecified atom stereocenters. The molecular formula is C13H12ClNOS. The number of nitrogens with zero attached hydrogens (tertiary/aromatic N) is 1. The van der Waals surface area contributed by atoms with Gasteiger partial charge in [0.1, 0.15) is 0 Å². The molecule has 1 heterocycles. The van der Waals surface area contributed by atoms with Crippen LogP contribution in [0.2, 0.25) is 5.02 Å². The molecule has 17 heavy (non-hydrogen) atoms. The molecule has 4 heteroatoms. The third-order valence-electron chi connectivity index (χ3n) is 2.44. The van der Waals surface area contributed by atoms with Gasteiger partial charge in [0.05, 0.1) is 0 Å². The zero-order valence-electron chi connectivity index (χ0n) is 9.39. The Labute approximate surface area is 109 Å². The number of hydrogen-bond acceptors (Lipinski definition) is 2. The van der Waals surface area contributed by atoms with Crippen LogP contribution in [-0.4, -0.2) is 17.9 Å². The van der Waals surface area contributed by atoms with Crippen molar-refractivity contribution < 1.29 is 4.79 Å². The van der Waals surface area contributed by atoms with Gasteiger partial charge in [0.25, 0.3) is 5.91 Å². The van der Waals surface area contributed by atoms with E-state index in [4.69, 9.17) is 11.6 Å². The van der Waals surface area contributed by atoms with E-state index in [2.05, 4.69) is 0 Å². The average Bonchev–Trinajstić information content (AvgIpc) is 2.82. The highest BCUT2D eigenvalue weighted by molar-refractivity contribution is 7.07. The van der Waals surface area contributed by atoms with Gasteiger partial charge in [-0.05, 0) is 46.7 Å². The summed E-state index contributed by atoms with van der Waals surface area (Å²) in [5.41, 5.74) is 1.81. The molecule has 0 aliphatic rings. The Morgan fingerprint density at radius 3 is 2.59 bits per heavy atom. The Kier molecular flexibility index (Phi) is 3.82. The van der Waals surface area contributed by atoms with Gasteiger partial charge >= 0.3 is 0 Å². The molecule has 1 aromatic heterocycles. The van der Waals surface area contributed by atoms with Crippen LogP contribution in [0.25, 0.3) is 0 Å². The molecule has 0 spiro atoms. The molecule has 0 aliphatic carbocycles. The average molecular weight is 266 g/mol. The van der Waals surface area contributed by atoms with Crippen molar-refractivity contribution in [1.82, 2.24) is 4.90 Å². The van der Waals surface area contributed by atoms with E-state index in [1.165, 1.54) is 0 Å². The van der Waals surface area contributed by atoms with Crippen LogP contribution in [0.5, 0.6) is 0 Å². The molecule has 2 rings (SSSR count). The number of halogens is 1. The summed E-state index contributed by atoms with van der Waals surface area (Å²) in [5.74, 6) is 0.00728. The molecule has 0 aliphatic heterocycles. The monoisotopic (exact) mass is 265 g/mol. The number of rotatable bonds is 3. The Bertz CT molecular complexity index is 493.